The van der Waals surface area contributed by atoms with Gasteiger partial charge < -0.3 is 5.11 Å². The van der Waals surface area contributed by atoms with Gasteiger partial charge in [0.2, 0.25) is 0 Å². The molecule has 0 bridgehead atoms. The zero-order valence-corrected chi connectivity index (χ0v) is 12.3. The van der Waals surface area contributed by atoms with E-state index in [0.29, 0.717) is 6.42 Å². The molecule has 0 saturated heterocycles. The Bertz CT molecular complexity index is 529. The molecule has 0 radical (unpaired) electrons. The summed E-state index contributed by atoms with van der Waals surface area (Å²) in [6, 6.07) is 2.20. The van der Waals surface area contributed by atoms with Gasteiger partial charge in [-0.1, -0.05) is 0 Å². The quantitative estimate of drug-likeness (QED) is 0.931. The zero-order chi connectivity index (χ0) is 12.7. The summed E-state index contributed by atoms with van der Waals surface area (Å²) in [6.45, 7) is 4.12. The Morgan fingerprint density at radius 2 is 2.17 bits per heavy atom. The summed E-state index contributed by atoms with van der Waals surface area (Å²) < 4.78 is 0. The van der Waals surface area contributed by atoms with Gasteiger partial charge in [0.25, 0.3) is 0 Å². The standard InChI is InChI=1S/C14H17NOS2/c1-8-9(2)17-14(15-8)7-11(16)13-6-10-4-3-5-12(10)18-13/h6,11,16H,3-5,7H2,1-2H3. The number of aryl methyl sites for hydroxylation is 4. The molecular formula is C14H17NOS2. The normalized spacial score (nSPS) is 15.9. The van der Waals surface area contributed by atoms with Crippen LogP contribution in [0.25, 0.3) is 0 Å². The molecule has 3 rings (SSSR count). The van der Waals surface area contributed by atoms with Crippen LogP contribution < -0.4 is 0 Å². The van der Waals surface area contributed by atoms with Gasteiger partial charge in [-0.05, 0) is 44.7 Å². The first-order valence-electron chi connectivity index (χ1n) is 6.36. The number of nitrogens with zero attached hydrogens (tertiary/aromatic N) is 1. The Morgan fingerprint density at radius 3 is 2.83 bits per heavy atom. The molecule has 0 amide bonds. The predicted octanol–water partition coefficient (Wildman–Crippen LogP) is 3.59. The number of aromatic nitrogens is 1. The number of fused-ring (bicyclic) bond motifs is 1. The van der Waals surface area contributed by atoms with E-state index in [1.807, 2.05) is 6.92 Å². The molecular weight excluding hydrogens is 262 g/mol. The highest BCUT2D eigenvalue weighted by Gasteiger charge is 2.20. The Balaban J connectivity index is 1.76. The van der Waals surface area contributed by atoms with Crippen LogP contribution in [-0.2, 0) is 19.3 Å². The molecule has 0 fully saturated rings. The fourth-order valence-corrected chi connectivity index (χ4v) is 4.62. The van der Waals surface area contributed by atoms with Crippen LogP contribution in [0.5, 0.6) is 0 Å². The maximum absolute atomic E-state index is 10.3. The Kier molecular flexibility index (Phi) is 3.26. The average molecular weight is 279 g/mol. The highest BCUT2D eigenvalue weighted by Crippen LogP contribution is 2.35. The van der Waals surface area contributed by atoms with Crippen LogP contribution in [0, 0.1) is 13.8 Å². The van der Waals surface area contributed by atoms with Gasteiger partial charge in [0.1, 0.15) is 0 Å². The second-order valence-electron chi connectivity index (χ2n) is 4.92. The van der Waals surface area contributed by atoms with Crippen LogP contribution in [0.1, 0.15) is 43.4 Å². The van der Waals surface area contributed by atoms with Crippen LogP contribution >= 0.6 is 22.7 Å². The molecule has 2 aromatic heterocycles. The lowest BCUT2D eigenvalue weighted by Gasteiger charge is -2.05. The summed E-state index contributed by atoms with van der Waals surface area (Å²) in [7, 11) is 0. The summed E-state index contributed by atoms with van der Waals surface area (Å²) in [6.07, 6.45) is 3.93. The number of aliphatic hydroxyl groups excluding tert-OH is 1. The number of hydrogen-bond donors (Lipinski definition) is 1. The topological polar surface area (TPSA) is 33.1 Å². The fourth-order valence-electron chi connectivity index (χ4n) is 2.41. The van der Waals surface area contributed by atoms with Crippen molar-refractivity contribution in [2.24, 2.45) is 0 Å². The molecule has 0 aliphatic heterocycles. The zero-order valence-electron chi connectivity index (χ0n) is 10.7. The highest BCUT2D eigenvalue weighted by atomic mass is 32.1. The monoisotopic (exact) mass is 279 g/mol. The van der Waals surface area contributed by atoms with Crippen molar-refractivity contribution in [3.63, 3.8) is 0 Å². The molecule has 2 nitrogen and oxygen atoms in total. The lowest BCUT2D eigenvalue weighted by Crippen LogP contribution is -1.99. The number of aliphatic hydroxyl groups is 1. The molecule has 4 heteroatoms. The summed E-state index contributed by atoms with van der Waals surface area (Å²) in [5, 5.41) is 11.4. The van der Waals surface area contributed by atoms with Crippen molar-refractivity contribution in [1.82, 2.24) is 4.98 Å². The average Bonchev–Trinajstić information content (AvgIpc) is 2.94. The van der Waals surface area contributed by atoms with Crippen LogP contribution in [0.2, 0.25) is 0 Å². The molecule has 1 N–H and O–H groups in total. The second kappa shape index (κ2) is 4.76. The number of hydrogen-bond acceptors (Lipinski definition) is 4. The molecule has 96 valence electrons. The van der Waals surface area contributed by atoms with Crippen LogP contribution in [0.3, 0.4) is 0 Å². The molecule has 2 aromatic rings. The molecule has 0 saturated carbocycles. The Hall–Kier alpha value is -0.710. The van der Waals surface area contributed by atoms with E-state index in [1.165, 1.54) is 34.6 Å². The van der Waals surface area contributed by atoms with E-state index in [4.69, 9.17) is 0 Å². The first-order valence-corrected chi connectivity index (χ1v) is 7.99. The van der Waals surface area contributed by atoms with Crippen LogP contribution in [0.15, 0.2) is 6.07 Å². The van der Waals surface area contributed by atoms with Gasteiger partial charge in [0, 0.05) is 21.1 Å². The smallest absolute Gasteiger partial charge is 0.0960 e. The van der Waals surface area contributed by atoms with E-state index in [0.717, 1.165) is 15.6 Å². The molecule has 1 atom stereocenters. The lowest BCUT2D eigenvalue weighted by atomic mass is 10.2. The van der Waals surface area contributed by atoms with E-state index < -0.39 is 0 Å². The summed E-state index contributed by atoms with van der Waals surface area (Å²) in [4.78, 5) is 8.36. The van der Waals surface area contributed by atoms with Crippen molar-refractivity contribution >= 4 is 22.7 Å². The summed E-state index contributed by atoms with van der Waals surface area (Å²) in [5.74, 6) is 0. The molecule has 18 heavy (non-hydrogen) atoms. The van der Waals surface area contributed by atoms with Gasteiger partial charge in [-0.15, -0.1) is 22.7 Å². The van der Waals surface area contributed by atoms with Crippen molar-refractivity contribution in [2.45, 2.75) is 45.6 Å². The SMILES string of the molecule is Cc1nc(CC(O)c2cc3c(s2)CCC3)sc1C. The third kappa shape index (κ3) is 2.25. The lowest BCUT2D eigenvalue weighted by molar-refractivity contribution is 0.182. The predicted molar refractivity (Wildman–Crippen MR) is 76.6 cm³/mol. The third-order valence-electron chi connectivity index (χ3n) is 3.53. The summed E-state index contributed by atoms with van der Waals surface area (Å²) in [5.41, 5.74) is 2.55. The fraction of sp³-hybridized carbons (Fsp3) is 0.500. The molecule has 0 aromatic carbocycles. The van der Waals surface area contributed by atoms with Crippen molar-refractivity contribution < 1.29 is 5.11 Å². The van der Waals surface area contributed by atoms with Gasteiger partial charge in [0.05, 0.1) is 16.8 Å². The van der Waals surface area contributed by atoms with E-state index in [9.17, 15) is 5.11 Å². The van der Waals surface area contributed by atoms with E-state index in [1.54, 1.807) is 22.7 Å². The minimum Gasteiger partial charge on any atom is -0.387 e. The number of thiazole rings is 1. The van der Waals surface area contributed by atoms with Crippen LogP contribution in [-0.4, -0.2) is 10.1 Å². The largest absolute Gasteiger partial charge is 0.387 e. The highest BCUT2D eigenvalue weighted by molar-refractivity contribution is 7.12. The Labute approximate surface area is 115 Å². The van der Waals surface area contributed by atoms with E-state index in [2.05, 4.69) is 18.0 Å². The van der Waals surface area contributed by atoms with E-state index in [-0.39, 0.29) is 6.10 Å². The van der Waals surface area contributed by atoms with Crippen molar-refractivity contribution in [2.75, 3.05) is 0 Å². The number of rotatable bonds is 3. The first-order chi connectivity index (χ1) is 8.63. The van der Waals surface area contributed by atoms with Gasteiger partial charge in [-0.25, -0.2) is 4.98 Å². The van der Waals surface area contributed by atoms with Crippen molar-refractivity contribution in [3.05, 3.63) is 37.0 Å². The van der Waals surface area contributed by atoms with Gasteiger partial charge >= 0.3 is 0 Å². The number of thiophene rings is 1. The molecule has 1 aliphatic rings. The van der Waals surface area contributed by atoms with E-state index >= 15 is 0 Å². The van der Waals surface area contributed by atoms with Gasteiger partial charge in [-0.3, -0.25) is 0 Å². The minimum absolute atomic E-state index is 0.384. The van der Waals surface area contributed by atoms with Crippen molar-refractivity contribution in [3.8, 4) is 0 Å². The van der Waals surface area contributed by atoms with Crippen LogP contribution in [0.4, 0.5) is 0 Å². The summed E-state index contributed by atoms with van der Waals surface area (Å²) >= 11 is 3.49. The second-order valence-corrected chi connectivity index (χ2v) is 7.38. The third-order valence-corrected chi connectivity index (χ3v) is 5.97. The van der Waals surface area contributed by atoms with Gasteiger partial charge in [0.15, 0.2) is 0 Å². The molecule has 1 unspecified atom stereocenters. The van der Waals surface area contributed by atoms with Crippen molar-refractivity contribution in [1.29, 1.82) is 0 Å². The van der Waals surface area contributed by atoms with Gasteiger partial charge in [-0.2, -0.15) is 0 Å². The maximum Gasteiger partial charge on any atom is 0.0960 e. The molecule has 0 spiro atoms. The molecule has 2 heterocycles. The first kappa shape index (κ1) is 12.3. The minimum atomic E-state index is -0.384. The maximum atomic E-state index is 10.3. The Morgan fingerprint density at radius 1 is 1.33 bits per heavy atom. The molecule has 1 aliphatic carbocycles.